The van der Waals surface area contributed by atoms with Crippen LogP contribution in [0.15, 0.2) is 24.3 Å². The molecule has 0 spiro atoms. The number of esters is 1. The zero-order valence-electron chi connectivity index (χ0n) is 23.8. The molecule has 0 fully saturated rings. The van der Waals surface area contributed by atoms with Gasteiger partial charge in [0.25, 0.3) is 0 Å². The molecule has 0 aliphatic heterocycles. The van der Waals surface area contributed by atoms with E-state index < -0.39 is 0 Å². The molecule has 0 aromatic heterocycles. The summed E-state index contributed by atoms with van der Waals surface area (Å²) in [6, 6.07) is 8.43. The SMILES string of the molecule is CCCCCCCCCCCCCCCCCCCNc1ccc(CCC(=O)OCCOCC)cc1. The quantitative estimate of drug-likeness (QED) is 0.101. The van der Waals surface area contributed by atoms with E-state index in [0.29, 0.717) is 32.7 Å². The minimum absolute atomic E-state index is 0.157. The van der Waals surface area contributed by atoms with Crippen LogP contribution in [0.25, 0.3) is 0 Å². The van der Waals surface area contributed by atoms with Crippen LogP contribution in [0.2, 0.25) is 0 Å². The summed E-state index contributed by atoms with van der Waals surface area (Å²) >= 11 is 0. The molecule has 1 aromatic carbocycles. The van der Waals surface area contributed by atoms with Crippen molar-refractivity contribution in [3.05, 3.63) is 29.8 Å². The molecular weight excluding hydrogens is 446 g/mol. The molecule has 0 aliphatic rings. The van der Waals surface area contributed by atoms with Crippen molar-refractivity contribution in [1.29, 1.82) is 0 Å². The van der Waals surface area contributed by atoms with Crippen LogP contribution in [0.5, 0.6) is 0 Å². The number of ether oxygens (including phenoxy) is 2. The van der Waals surface area contributed by atoms with Crippen LogP contribution < -0.4 is 5.32 Å². The highest BCUT2D eigenvalue weighted by molar-refractivity contribution is 5.69. The average molecular weight is 504 g/mol. The molecule has 1 N–H and O–H groups in total. The van der Waals surface area contributed by atoms with Gasteiger partial charge in [-0.25, -0.2) is 0 Å². The Morgan fingerprint density at radius 3 is 1.67 bits per heavy atom. The van der Waals surface area contributed by atoms with Gasteiger partial charge in [0, 0.05) is 25.3 Å². The van der Waals surface area contributed by atoms with Gasteiger partial charge in [0.2, 0.25) is 0 Å². The van der Waals surface area contributed by atoms with Gasteiger partial charge >= 0.3 is 5.97 Å². The zero-order valence-corrected chi connectivity index (χ0v) is 23.8. The molecule has 0 saturated heterocycles. The van der Waals surface area contributed by atoms with Gasteiger partial charge in [0.1, 0.15) is 6.61 Å². The summed E-state index contributed by atoms with van der Waals surface area (Å²) in [7, 11) is 0. The lowest BCUT2D eigenvalue weighted by molar-refractivity contribution is -0.145. The summed E-state index contributed by atoms with van der Waals surface area (Å²) in [5, 5.41) is 3.52. The van der Waals surface area contributed by atoms with E-state index in [2.05, 4.69) is 36.5 Å². The molecule has 0 unspecified atom stereocenters. The van der Waals surface area contributed by atoms with Gasteiger partial charge in [-0.15, -0.1) is 0 Å². The Morgan fingerprint density at radius 2 is 1.17 bits per heavy atom. The molecule has 0 amide bonds. The number of benzene rings is 1. The lowest BCUT2D eigenvalue weighted by atomic mass is 10.0. The van der Waals surface area contributed by atoms with Gasteiger partial charge in [-0.3, -0.25) is 4.79 Å². The molecule has 36 heavy (non-hydrogen) atoms. The summed E-state index contributed by atoms with van der Waals surface area (Å²) < 4.78 is 10.3. The van der Waals surface area contributed by atoms with Crippen molar-refractivity contribution in [1.82, 2.24) is 0 Å². The number of rotatable bonds is 26. The normalized spacial score (nSPS) is 11.1. The Bertz CT molecular complexity index is 602. The molecule has 0 atom stereocenters. The number of nitrogens with one attached hydrogen (secondary N) is 1. The lowest BCUT2D eigenvalue weighted by Crippen LogP contribution is -2.11. The van der Waals surface area contributed by atoms with E-state index in [9.17, 15) is 4.79 Å². The van der Waals surface area contributed by atoms with Crippen LogP contribution in [-0.4, -0.2) is 32.3 Å². The second-order valence-electron chi connectivity index (χ2n) is 10.2. The van der Waals surface area contributed by atoms with Crippen molar-refractivity contribution in [3.8, 4) is 0 Å². The van der Waals surface area contributed by atoms with Crippen LogP contribution in [0.3, 0.4) is 0 Å². The number of anilines is 1. The number of carbonyl (C=O) groups is 1. The summed E-state index contributed by atoms with van der Waals surface area (Å²) in [4.78, 5) is 11.7. The maximum atomic E-state index is 11.7. The zero-order chi connectivity index (χ0) is 25.9. The summed E-state index contributed by atoms with van der Waals surface area (Å²) in [6.45, 7) is 6.72. The smallest absolute Gasteiger partial charge is 0.306 e. The van der Waals surface area contributed by atoms with Crippen LogP contribution in [0.1, 0.15) is 135 Å². The van der Waals surface area contributed by atoms with Crippen molar-refractivity contribution in [2.75, 3.05) is 31.7 Å². The number of unbranched alkanes of at least 4 members (excludes halogenated alkanes) is 16. The Labute approximate surface area is 223 Å². The fourth-order valence-electron chi connectivity index (χ4n) is 4.55. The van der Waals surface area contributed by atoms with Crippen molar-refractivity contribution in [2.45, 2.75) is 136 Å². The monoisotopic (exact) mass is 503 g/mol. The van der Waals surface area contributed by atoms with E-state index in [1.165, 1.54) is 115 Å². The van der Waals surface area contributed by atoms with Gasteiger partial charge < -0.3 is 14.8 Å². The van der Waals surface area contributed by atoms with E-state index in [0.717, 1.165) is 12.2 Å². The van der Waals surface area contributed by atoms with E-state index >= 15 is 0 Å². The highest BCUT2D eigenvalue weighted by atomic mass is 16.6. The Morgan fingerprint density at radius 1 is 0.667 bits per heavy atom. The van der Waals surface area contributed by atoms with Gasteiger partial charge in [-0.2, -0.15) is 0 Å². The fourth-order valence-corrected chi connectivity index (χ4v) is 4.55. The number of carbonyl (C=O) groups excluding carboxylic acids is 1. The van der Waals surface area contributed by atoms with Crippen LogP contribution >= 0.6 is 0 Å². The standard InChI is InChI=1S/C32H57NO3/c1-3-5-6-7-8-9-10-11-12-13-14-15-16-17-18-19-20-27-33-31-24-21-30(22-25-31)23-26-32(34)36-29-28-35-4-2/h21-22,24-25,33H,3-20,23,26-29H2,1-2H3. The maximum Gasteiger partial charge on any atom is 0.306 e. The second kappa shape index (κ2) is 25.1. The van der Waals surface area contributed by atoms with Gasteiger partial charge in [-0.05, 0) is 37.5 Å². The van der Waals surface area contributed by atoms with Crippen molar-refractivity contribution in [2.24, 2.45) is 0 Å². The third kappa shape index (κ3) is 20.6. The molecule has 0 bridgehead atoms. The average Bonchev–Trinajstić information content (AvgIpc) is 2.90. The first kappa shape index (κ1) is 32.5. The molecule has 4 nitrogen and oxygen atoms in total. The third-order valence-electron chi connectivity index (χ3n) is 6.88. The molecule has 0 heterocycles. The first-order chi connectivity index (χ1) is 17.8. The van der Waals surface area contributed by atoms with Gasteiger partial charge in [0.05, 0.1) is 6.61 Å². The largest absolute Gasteiger partial charge is 0.463 e. The summed E-state index contributed by atoms with van der Waals surface area (Å²) in [5.74, 6) is -0.157. The second-order valence-corrected chi connectivity index (χ2v) is 10.2. The Hall–Kier alpha value is -1.55. The molecule has 1 aromatic rings. The van der Waals surface area contributed by atoms with E-state index in [1.54, 1.807) is 0 Å². The van der Waals surface area contributed by atoms with E-state index in [-0.39, 0.29) is 5.97 Å². The Balaban J connectivity index is 1.86. The molecule has 4 heteroatoms. The predicted octanol–water partition coefficient (Wildman–Crippen LogP) is 9.26. The minimum atomic E-state index is -0.157. The highest BCUT2D eigenvalue weighted by Gasteiger charge is 2.04. The number of aryl methyl sites for hydroxylation is 1. The van der Waals surface area contributed by atoms with Crippen molar-refractivity contribution >= 4 is 11.7 Å². The predicted molar refractivity (Wildman–Crippen MR) is 155 cm³/mol. The molecular formula is C32H57NO3. The Kier molecular flexibility index (Phi) is 22.7. The van der Waals surface area contributed by atoms with E-state index in [4.69, 9.17) is 9.47 Å². The maximum absolute atomic E-state index is 11.7. The van der Waals surface area contributed by atoms with Crippen molar-refractivity contribution < 1.29 is 14.3 Å². The van der Waals surface area contributed by atoms with E-state index in [1.807, 2.05) is 6.92 Å². The van der Waals surface area contributed by atoms with Crippen LogP contribution in [-0.2, 0) is 20.7 Å². The molecule has 208 valence electrons. The molecule has 0 aliphatic carbocycles. The minimum Gasteiger partial charge on any atom is -0.463 e. The highest BCUT2D eigenvalue weighted by Crippen LogP contribution is 2.15. The first-order valence-corrected chi connectivity index (χ1v) is 15.3. The first-order valence-electron chi connectivity index (χ1n) is 15.3. The fraction of sp³-hybridized carbons (Fsp3) is 0.781. The summed E-state index contributed by atoms with van der Waals surface area (Å²) in [5.41, 5.74) is 2.33. The molecule has 0 radical (unpaired) electrons. The van der Waals surface area contributed by atoms with Gasteiger partial charge in [0.15, 0.2) is 0 Å². The topological polar surface area (TPSA) is 47.6 Å². The van der Waals surface area contributed by atoms with Crippen molar-refractivity contribution in [3.63, 3.8) is 0 Å². The van der Waals surface area contributed by atoms with Gasteiger partial charge in [-0.1, -0.05) is 122 Å². The molecule has 1 rings (SSSR count). The molecule has 0 saturated carbocycles. The number of hydrogen-bond acceptors (Lipinski definition) is 4. The van der Waals surface area contributed by atoms with Crippen LogP contribution in [0, 0.1) is 0 Å². The third-order valence-corrected chi connectivity index (χ3v) is 6.88. The summed E-state index contributed by atoms with van der Waals surface area (Å²) in [6.07, 6.45) is 25.1. The number of hydrogen-bond donors (Lipinski definition) is 1. The lowest BCUT2D eigenvalue weighted by Gasteiger charge is -2.08. The van der Waals surface area contributed by atoms with Crippen LogP contribution in [0.4, 0.5) is 5.69 Å².